The number of esters is 1. The summed E-state index contributed by atoms with van der Waals surface area (Å²) in [6.45, 7) is 3.42. The SMILES string of the molecule is COc1ccc(N2CCN(C(=O)COC(=O)c3c(C)cccc3[N+](=O)[O-])CC2)cc1. The number of nitro groups is 1. The van der Waals surface area contributed by atoms with E-state index < -0.39 is 17.5 Å². The molecule has 0 atom stereocenters. The van der Waals surface area contributed by atoms with Gasteiger partial charge in [-0.05, 0) is 36.8 Å². The van der Waals surface area contributed by atoms with E-state index in [1.54, 1.807) is 25.0 Å². The summed E-state index contributed by atoms with van der Waals surface area (Å²) >= 11 is 0. The Labute approximate surface area is 173 Å². The number of carbonyl (C=O) groups is 2. The van der Waals surface area contributed by atoms with Crippen LogP contribution >= 0.6 is 0 Å². The zero-order valence-electron chi connectivity index (χ0n) is 16.9. The number of rotatable bonds is 6. The average Bonchev–Trinajstić information content (AvgIpc) is 2.77. The lowest BCUT2D eigenvalue weighted by molar-refractivity contribution is -0.385. The van der Waals surface area contributed by atoms with Gasteiger partial charge in [-0.1, -0.05) is 12.1 Å². The second-order valence-electron chi connectivity index (χ2n) is 6.87. The Morgan fingerprint density at radius 1 is 1.07 bits per heavy atom. The number of hydrogen-bond donors (Lipinski definition) is 0. The van der Waals surface area contributed by atoms with Crippen LogP contribution in [0.4, 0.5) is 11.4 Å². The highest BCUT2D eigenvalue weighted by Crippen LogP contribution is 2.23. The first-order chi connectivity index (χ1) is 14.4. The third-order valence-electron chi connectivity index (χ3n) is 5.05. The van der Waals surface area contributed by atoms with Crippen molar-refractivity contribution in [1.29, 1.82) is 0 Å². The zero-order valence-corrected chi connectivity index (χ0v) is 16.9. The molecule has 1 heterocycles. The van der Waals surface area contributed by atoms with Crippen LogP contribution in [-0.4, -0.2) is 61.6 Å². The molecule has 0 N–H and O–H groups in total. The molecule has 0 saturated carbocycles. The quantitative estimate of drug-likeness (QED) is 0.407. The Morgan fingerprint density at radius 3 is 2.33 bits per heavy atom. The van der Waals surface area contributed by atoms with Gasteiger partial charge < -0.3 is 19.3 Å². The highest BCUT2D eigenvalue weighted by atomic mass is 16.6. The molecule has 0 aromatic heterocycles. The first-order valence-electron chi connectivity index (χ1n) is 9.48. The number of nitro benzene ring substituents is 1. The van der Waals surface area contributed by atoms with Gasteiger partial charge in [0.05, 0.1) is 12.0 Å². The lowest BCUT2D eigenvalue weighted by Gasteiger charge is -2.36. The third kappa shape index (κ3) is 4.68. The topological polar surface area (TPSA) is 102 Å². The molecule has 9 nitrogen and oxygen atoms in total. The van der Waals surface area contributed by atoms with Crippen LogP contribution in [0.2, 0.25) is 0 Å². The van der Waals surface area contributed by atoms with E-state index in [1.165, 1.54) is 12.1 Å². The fourth-order valence-electron chi connectivity index (χ4n) is 3.37. The Morgan fingerprint density at radius 2 is 1.73 bits per heavy atom. The lowest BCUT2D eigenvalue weighted by atomic mass is 10.1. The van der Waals surface area contributed by atoms with Crippen LogP contribution in [0.3, 0.4) is 0 Å². The minimum Gasteiger partial charge on any atom is -0.497 e. The fourth-order valence-corrected chi connectivity index (χ4v) is 3.37. The van der Waals surface area contributed by atoms with Crippen LogP contribution in [0.15, 0.2) is 42.5 Å². The van der Waals surface area contributed by atoms with Crippen LogP contribution in [0, 0.1) is 17.0 Å². The molecule has 1 aliphatic rings. The second kappa shape index (κ2) is 9.25. The number of piperazine rings is 1. The minimum absolute atomic E-state index is 0.125. The number of benzene rings is 2. The van der Waals surface area contributed by atoms with E-state index in [1.807, 2.05) is 24.3 Å². The van der Waals surface area contributed by atoms with Crippen molar-refractivity contribution < 1.29 is 24.0 Å². The van der Waals surface area contributed by atoms with Crippen LogP contribution < -0.4 is 9.64 Å². The summed E-state index contributed by atoms with van der Waals surface area (Å²) in [7, 11) is 1.61. The normalized spacial score (nSPS) is 13.7. The highest BCUT2D eigenvalue weighted by molar-refractivity contribution is 5.96. The maximum Gasteiger partial charge on any atom is 0.345 e. The first-order valence-corrected chi connectivity index (χ1v) is 9.48. The van der Waals surface area contributed by atoms with Gasteiger partial charge in [0.15, 0.2) is 6.61 Å². The van der Waals surface area contributed by atoms with Gasteiger partial charge in [-0.3, -0.25) is 14.9 Å². The molecule has 3 rings (SSSR count). The van der Waals surface area contributed by atoms with Gasteiger partial charge in [-0.15, -0.1) is 0 Å². The smallest absolute Gasteiger partial charge is 0.345 e. The maximum absolute atomic E-state index is 12.4. The largest absolute Gasteiger partial charge is 0.497 e. The van der Waals surface area contributed by atoms with E-state index in [2.05, 4.69) is 4.90 Å². The van der Waals surface area contributed by atoms with Gasteiger partial charge in [0.1, 0.15) is 11.3 Å². The number of nitrogens with zero attached hydrogens (tertiary/aromatic N) is 3. The van der Waals surface area contributed by atoms with E-state index in [0.29, 0.717) is 31.7 Å². The van der Waals surface area contributed by atoms with Gasteiger partial charge in [0.2, 0.25) is 0 Å². The molecule has 1 saturated heterocycles. The van der Waals surface area contributed by atoms with Crippen molar-refractivity contribution in [1.82, 2.24) is 4.90 Å². The van der Waals surface area contributed by atoms with Crippen molar-refractivity contribution in [3.05, 3.63) is 63.7 Å². The second-order valence-corrected chi connectivity index (χ2v) is 6.87. The van der Waals surface area contributed by atoms with Crippen molar-refractivity contribution in [3.63, 3.8) is 0 Å². The Hall–Kier alpha value is -3.62. The molecule has 1 amide bonds. The Kier molecular flexibility index (Phi) is 6.51. The molecule has 0 bridgehead atoms. The van der Waals surface area contributed by atoms with Gasteiger partial charge in [-0.25, -0.2) is 4.79 Å². The molecule has 2 aromatic carbocycles. The molecular weight excluding hydrogens is 390 g/mol. The molecular formula is C21H23N3O6. The molecule has 1 fully saturated rings. The van der Waals surface area contributed by atoms with Gasteiger partial charge in [-0.2, -0.15) is 0 Å². The Bertz CT molecular complexity index is 936. The molecule has 0 radical (unpaired) electrons. The number of aryl methyl sites for hydroxylation is 1. The third-order valence-corrected chi connectivity index (χ3v) is 5.05. The fraction of sp³-hybridized carbons (Fsp3) is 0.333. The summed E-state index contributed by atoms with van der Waals surface area (Å²) < 4.78 is 10.3. The van der Waals surface area contributed by atoms with E-state index in [-0.39, 0.29) is 17.2 Å². The molecule has 0 unspecified atom stereocenters. The summed E-state index contributed by atoms with van der Waals surface area (Å²) in [6, 6.07) is 12.0. The summed E-state index contributed by atoms with van der Waals surface area (Å²) in [4.78, 5) is 39.1. The van der Waals surface area contributed by atoms with Crippen molar-refractivity contribution in [3.8, 4) is 5.75 Å². The van der Waals surface area contributed by atoms with Crippen molar-refractivity contribution >= 4 is 23.3 Å². The summed E-state index contributed by atoms with van der Waals surface area (Å²) in [5.41, 5.74) is 1.01. The maximum atomic E-state index is 12.4. The van der Waals surface area contributed by atoms with Crippen molar-refractivity contribution in [2.24, 2.45) is 0 Å². The summed E-state index contributed by atoms with van der Waals surface area (Å²) in [5, 5.41) is 11.2. The molecule has 2 aromatic rings. The summed E-state index contributed by atoms with van der Waals surface area (Å²) in [6.07, 6.45) is 0. The standard InChI is InChI=1S/C21H23N3O6/c1-15-4-3-5-18(24(27)28)20(15)21(26)30-14-19(25)23-12-10-22(11-13-23)16-6-8-17(29-2)9-7-16/h3-9H,10-14H2,1-2H3. The molecule has 158 valence electrons. The predicted molar refractivity (Wildman–Crippen MR) is 110 cm³/mol. The molecule has 30 heavy (non-hydrogen) atoms. The lowest BCUT2D eigenvalue weighted by Crippen LogP contribution is -2.49. The molecule has 0 aliphatic carbocycles. The minimum atomic E-state index is -0.870. The van der Waals surface area contributed by atoms with Gasteiger partial charge >= 0.3 is 5.97 Å². The monoisotopic (exact) mass is 413 g/mol. The summed E-state index contributed by atoms with van der Waals surface area (Å²) in [5.74, 6) is -0.415. The zero-order chi connectivity index (χ0) is 21.7. The number of amides is 1. The van der Waals surface area contributed by atoms with E-state index in [4.69, 9.17) is 9.47 Å². The van der Waals surface area contributed by atoms with E-state index in [0.717, 1.165) is 11.4 Å². The first kappa shape index (κ1) is 21.1. The van der Waals surface area contributed by atoms with Crippen LogP contribution in [0.5, 0.6) is 5.75 Å². The number of carbonyl (C=O) groups excluding carboxylic acids is 2. The predicted octanol–water partition coefficient (Wildman–Crippen LogP) is 2.42. The van der Waals surface area contributed by atoms with Gasteiger partial charge in [0, 0.05) is 37.9 Å². The Balaban J connectivity index is 1.54. The van der Waals surface area contributed by atoms with Crippen LogP contribution in [-0.2, 0) is 9.53 Å². The average molecular weight is 413 g/mol. The van der Waals surface area contributed by atoms with Crippen molar-refractivity contribution in [2.45, 2.75) is 6.92 Å². The van der Waals surface area contributed by atoms with E-state index >= 15 is 0 Å². The van der Waals surface area contributed by atoms with E-state index in [9.17, 15) is 19.7 Å². The highest BCUT2D eigenvalue weighted by Gasteiger charge is 2.26. The number of ether oxygens (including phenoxy) is 2. The molecule has 0 spiro atoms. The molecule has 9 heteroatoms. The van der Waals surface area contributed by atoms with Crippen LogP contribution in [0.1, 0.15) is 15.9 Å². The van der Waals surface area contributed by atoms with Gasteiger partial charge in [0.25, 0.3) is 11.6 Å². The van der Waals surface area contributed by atoms with Crippen molar-refractivity contribution in [2.75, 3.05) is 44.8 Å². The number of methoxy groups -OCH3 is 1. The molecule has 1 aliphatic heterocycles. The van der Waals surface area contributed by atoms with Crippen LogP contribution in [0.25, 0.3) is 0 Å². The number of anilines is 1. The number of hydrogen-bond acceptors (Lipinski definition) is 7.